The number of carboxylic acid groups (broad SMARTS) is 1. The molecule has 0 unspecified atom stereocenters. The minimum absolute atomic E-state index is 0.129. The summed E-state index contributed by atoms with van der Waals surface area (Å²) < 4.78 is 7.53. The lowest BCUT2D eigenvalue weighted by atomic mass is 10.2. The second kappa shape index (κ2) is 9.99. The molecule has 2 rings (SSSR count). The van der Waals surface area contributed by atoms with Gasteiger partial charge in [-0.25, -0.2) is 0 Å². The largest absolute Gasteiger partial charge is 0.483 e. The fraction of sp³-hybridized carbons (Fsp3) is 0.733. The van der Waals surface area contributed by atoms with E-state index < -0.39 is 0 Å². The molecule has 1 N–H and O–H groups in total. The Labute approximate surface area is 142 Å². The van der Waals surface area contributed by atoms with E-state index in [0.29, 0.717) is 13.0 Å². The minimum atomic E-state index is -0.250. The topological polar surface area (TPSA) is 101 Å². The molecule has 0 spiro atoms. The van der Waals surface area contributed by atoms with Gasteiger partial charge >= 0.3 is 0 Å². The molecule has 9 nitrogen and oxygen atoms in total. The van der Waals surface area contributed by atoms with E-state index in [4.69, 9.17) is 14.6 Å². The third-order valence-electron chi connectivity index (χ3n) is 3.75. The van der Waals surface area contributed by atoms with E-state index in [1.807, 2.05) is 18.7 Å². The maximum atomic E-state index is 12.2. The molecule has 0 aromatic carbocycles. The summed E-state index contributed by atoms with van der Waals surface area (Å²) in [4.78, 5) is 24.6. The summed E-state index contributed by atoms with van der Waals surface area (Å²) in [5.74, 6) is 0.921. The van der Waals surface area contributed by atoms with Crippen molar-refractivity contribution in [3.05, 3.63) is 12.2 Å². The summed E-state index contributed by atoms with van der Waals surface area (Å²) >= 11 is 0. The number of carbonyl (C=O) groups is 2. The van der Waals surface area contributed by atoms with Gasteiger partial charge in [-0.2, -0.15) is 0 Å². The number of ether oxygens (including phenoxy) is 1. The summed E-state index contributed by atoms with van der Waals surface area (Å²) in [6.07, 6.45) is 2.64. The normalized spacial score (nSPS) is 20.8. The van der Waals surface area contributed by atoms with Crippen LogP contribution in [0.1, 0.15) is 26.1 Å². The van der Waals surface area contributed by atoms with Gasteiger partial charge in [-0.1, -0.05) is 0 Å². The smallest absolute Gasteiger partial charge is 0.290 e. The lowest BCUT2D eigenvalue weighted by Crippen LogP contribution is -2.46. The second-order valence-electron chi connectivity index (χ2n) is 5.98. The summed E-state index contributed by atoms with van der Waals surface area (Å²) in [6, 6.07) is 0. The number of nitrogens with zero attached hydrogens (tertiary/aromatic N) is 5. The Balaban J connectivity index is 0.000000891. The van der Waals surface area contributed by atoms with E-state index in [2.05, 4.69) is 28.9 Å². The summed E-state index contributed by atoms with van der Waals surface area (Å²) in [5, 5.41) is 14.7. The van der Waals surface area contributed by atoms with E-state index in [-0.39, 0.29) is 24.6 Å². The minimum Gasteiger partial charge on any atom is -0.483 e. The van der Waals surface area contributed by atoms with Crippen LogP contribution in [0.5, 0.6) is 0 Å². The maximum Gasteiger partial charge on any atom is 0.290 e. The molecule has 9 heteroatoms. The van der Waals surface area contributed by atoms with Crippen molar-refractivity contribution in [1.29, 1.82) is 0 Å². The molecule has 2 atom stereocenters. The average Bonchev–Trinajstić information content (AvgIpc) is 2.90. The molecule has 2 heterocycles. The van der Waals surface area contributed by atoms with Crippen LogP contribution in [0.25, 0.3) is 0 Å². The first-order valence-electron chi connectivity index (χ1n) is 7.89. The molecule has 136 valence electrons. The van der Waals surface area contributed by atoms with Gasteiger partial charge in [0.2, 0.25) is 5.91 Å². The van der Waals surface area contributed by atoms with Gasteiger partial charge in [0.05, 0.1) is 18.8 Å². The number of hydrogen-bond donors (Lipinski definition) is 1. The van der Waals surface area contributed by atoms with Crippen molar-refractivity contribution in [3.63, 3.8) is 0 Å². The summed E-state index contributed by atoms with van der Waals surface area (Å²) in [6.45, 7) is 6.95. The van der Waals surface area contributed by atoms with Crippen LogP contribution < -0.4 is 0 Å². The van der Waals surface area contributed by atoms with Crippen LogP contribution in [0, 0.1) is 0 Å². The zero-order valence-electron chi connectivity index (χ0n) is 14.8. The molecule has 1 aromatic heterocycles. The fourth-order valence-electron chi connectivity index (χ4n) is 2.66. The first-order valence-corrected chi connectivity index (χ1v) is 7.89. The molecule has 1 aliphatic rings. The highest BCUT2D eigenvalue weighted by Crippen LogP contribution is 2.11. The van der Waals surface area contributed by atoms with E-state index in [9.17, 15) is 4.79 Å². The quantitative estimate of drug-likeness (QED) is 0.751. The van der Waals surface area contributed by atoms with Crippen molar-refractivity contribution < 1.29 is 19.4 Å². The van der Waals surface area contributed by atoms with Gasteiger partial charge in [-0.05, 0) is 13.8 Å². The number of morpholine rings is 1. The molecule has 24 heavy (non-hydrogen) atoms. The first kappa shape index (κ1) is 20.0. The van der Waals surface area contributed by atoms with Crippen molar-refractivity contribution in [2.24, 2.45) is 7.05 Å². The highest BCUT2D eigenvalue weighted by atomic mass is 16.5. The van der Waals surface area contributed by atoms with Crippen molar-refractivity contribution in [2.75, 3.05) is 26.7 Å². The van der Waals surface area contributed by atoms with Gasteiger partial charge in [-0.3, -0.25) is 14.5 Å². The molecular formula is C15H27N5O4. The van der Waals surface area contributed by atoms with Gasteiger partial charge in [0, 0.05) is 40.2 Å². The highest BCUT2D eigenvalue weighted by molar-refractivity contribution is 5.75. The van der Waals surface area contributed by atoms with Gasteiger partial charge < -0.3 is 19.3 Å². The molecule has 0 radical (unpaired) electrons. The van der Waals surface area contributed by atoms with Crippen molar-refractivity contribution in [1.82, 2.24) is 24.6 Å². The van der Waals surface area contributed by atoms with Gasteiger partial charge in [0.25, 0.3) is 6.47 Å². The lowest BCUT2D eigenvalue weighted by Gasteiger charge is -2.35. The predicted octanol–water partition coefficient (Wildman–Crippen LogP) is -0.0264. The zero-order chi connectivity index (χ0) is 18.1. The van der Waals surface area contributed by atoms with Crippen molar-refractivity contribution in [3.8, 4) is 0 Å². The molecule has 0 aliphatic carbocycles. The van der Waals surface area contributed by atoms with Crippen LogP contribution in [0.15, 0.2) is 6.33 Å². The number of carbonyl (C=O) groups excluding carboxylic acids is 1. The third kappa shape index (κ3) is 6.63. The molecular weight excluding hydrogens is 314 g/mol. The Bertz CT molecular complexity index is 512. The monoisotopic (exact) mass is 341 g/mol. The van der Waals surface area contributed by atoms with Crippen LogP contribution in [-0.2, 0) is 27.9 Å². The average molecular weight is 341 g/mol. The number of hydrogen-bond acceptors (Lipinski definition) is 6. The van der Waals surface area contributed by atoms with Crippen molar-refractivity contribution in [2.45, 2.75) is 39.0 Å². The third-order valence-corrected chi connectivity index (χ3v) is 3.75. The van der Waals surface area contributed by atoms with Gasteiger partial charge in [0.1, 0.15) is 6.33 Å². The van der Waals surface area contributed by atoms with Crippen LogP contribution >= 0.6 is 0 Å². The van der Waals surface area contributed by atoms with E-state index in [1.165, 1.54) is 0 Å². The summed E-state index contributed by atoms with van der Waals surface area (Å²) in [7, 11) is 3.69. The molecule has 0 bridgehead atoms. The van der Waals surface area contributed by atoms with E-state index in [1.54, 1.807) is 11.2 Å². The molecule has 1 aliphatic heterocycles. The maximum absolute atomic E-state index is 12.2. The fourth-order valence-corrected chi connectivity index (χ4v) is 2.66. The molecule has 1 aromatic rings. The van der Waals surface area contributed by atoms with Crippen LogP contribution in [0.4, 0.5) is 0 Å². The van der Waals surface area contributed by atoms with Crippen LogP contribution in [0.3, 0.4) is 0 Å². The first-order chi connectivity index (χ1) is 11.4. The standard InChI is InChI=1S/C14H25N5O2.CH2O2/c1-11-7-19(8-12(2)21-11)6-5-14(20)17(3)9-13-16-15-10-18(13)4;2-1-3/h10-12H,5-9H2,1-4H3;1H,(H,2,3)/t11-,12+;. The Hall–Kier alpha value is -2.00. The SMILES string of the molecule is C[C@@H]1CN(CCC(=O)N(C)Cc2nncn2C)C[C@H](C)O1.O=CO. The van der Waals surface area contributed by atoms with E-state index >= 15 is 0 Å². The molecule has 1 amide bonds. The lowest BCUT2D eigenvalue weighted by molar-refractivity contribution is -0.131. The Morgan fingerprint density at radius 1 is 1.46 bits per heavy atom. The number of rotatable bonds is 5. The van der Waals surface area contributed by atoms with Crippen LogP contribution in [0.2, 0.25) is 0 Å². The number of aryl methyl sites for hydroxylation is 1. The number of amides is 1. The van der Waals surface area contributed by atoms with Gasteiger partial charge in [-0.15, -0.1) is 10.2 Å². The van der Waals surface area contributed by atoms with Gasteiger partial charge in [0.15, 0.2) is 5.82 Å². The Morgan fingerprint density at radius 3 is 2.54 bits per heavy atom. The molecule has 0 saturated carbocycles. The van der Waals surface area contributed by atoms with E-state index in [0.717, 1.165) is 25.5 Å². The zero-order valence-corrected chi connectivity index (χ0v) is 14.8. The Kier molecular flexibility index (Phi) is 8.34. The summed E-state index contributed by atoms with van der Waals surface area (Å²) in [5.41, 5.74) is 0. The van der Waals surface area contributed by atoms with Crippen molar-refractivity contribution >= 4 is 12.4 Å². The molecule has 1 saturated heterocycles. The predicted molar refractivity (Wildman–Crippen MR) is 87.2 cm³/mol. The number of aromatic nitrogens is 3. The Morgan fingerprint density at radius 2 is 2.04 bits per heavy atom. The molecule has 1 fully saturated rings. The highest BCUT2D eigenvalue weighted by Gasteiger charge is 2.23. The second-order valence-corrected chi connectivity index (χ2v) is 5.98. The van der Waals surface area contributed by atoms with Crippen LogP contribution in [-0.4, -0.2) is 80.9 Å².